The van der Waals surface area contributed by atoms with Crippen LogP contribution in [0.25, 0.3) is 0 Å². The standard InChI is InChI=1S/C13H20ClFN2/c1-4-16-12(9-17(2)3)7-10-5-6-11(15)8-13(10)14/h5-6,8,12,16H,4,7,9H2,1-3H3. The molecule has 0 fully saturated rings. The summed E-state index contributed by atoms with van der Waals surface area (Å²) in [6.45, 7) is 3.92. The molecular formula is C13H20ClFN2. The van der Waals surface area contributed by atoms with E-state index in [1.807, 2.05) is 14.1 Å². The summed E-state index contributed by atoms with van der Waals surface area (Å²) in [7, 11) is 4.08. The van der Waals surface area contributed by atoms with Crippen LogP contribution in [-0.4, -0.2) is 38.1 Å². The molecule has 0 aromatic heterocycles. The van der Waals surface area contributed by atoms with Gasteiger partial charge < -0.3 is 10.2 Å². The fourth-order valence-electron chi connectivity index (χ4n) is 1.88. The van der Waals surface area contributed by atoms with E-state index in [0.29, 0.717) is 11.1 Å². The van der Waals surface area contributed by atoms with Crippen LogP contribution >= 0.6 is 11.6 Å². The van der Waals surface area contributed by atoms with E-state index in [-0.39, 0.29) is 5.82 Å². The molecule has 0 aliphatic heterocycles. The highest BCUT2D eigenvalue weighted by Crippen LogP contribution is 2.18. The number of likely N-dealkylation sites (N-methyl/N-ethyl adjacent to an activating group) is 2. The first-order valence-corrected chi connectivity index (χ1v) is 6.22. The molecule has 1 rings (SSSR count). The smallest absolute Gasteiger partial charge is 0.124 e. The Kier molecular flexibility index (Phi) is 5.89. The van der Waals surface area contributed by atoms with Gasteiger partial charge in [0.05, 0.1) is 0 Å². The van der Waals surface area contributed by atoms with Crippen molar-refractivity contribution in [2.45, 2.75) is 19.4 Å². The Labute approximate surface area is 108 Å². The van der Waals surface area contributed by atoms with Crippen LogP contribution in [0.3, 0.4) is 0 Å². The van der Waals surface area contributed by atoms with Gasteiger partial charge in [-0.1, -0.05) is 24.6 Å². The molecule has 0 saturated heterocycles. The molecule has 0 aliphatic carbocycles. The molecule has 1 N–H and O–H groups in total. The summed E-state index contributed by atoms with van der Waals surface area (Å²) in [5.41, 5.74) is 0.987. The minimum atomic E-state index is -0.286. The van der Waals surface area contributed by atoms with Crippen LogP contribution in [0.15, 0.2) is 18.2 Å². The molecule has 2 nitrogen and oxygen atoms in total. The lowest BCUT2D eigenvalue weighted by atomic mass is 10.1. The van der Waals surface area contributed by atoms with Crippen molar-refractivity contribution >= 4 is 11.6 Å². The van der Waals surface area contributed by atoms with Crippen LogP contribution in [0, 0.1) is 5.82 Å². The van der Waals surface area contributed by atoms with Gasteiger partial charge in [0.25, 0.3) is 0 Å². The van der Waals surface area contributed by atoms with Crippen molar-refractivity contribution in [3.63, 3.8) is 0 Å². The summed E-state index contributed by atoms with van der Waals surface area (Å²) in [4.78, 5) is 2.13. The molecule has 1 aromatic rings. The van der Waals surface area contributed by atoms with Gasteiger partial charge in [0.2, 0.25) is 0 Å². The minimum absolute atomic E-state index is 0.286. The molecule has 1 unspecified atom stereocenters. The molecule has 1 aromatic carbocycles. The van der Waals surface area contributed by atoms with Crippen molar-refractivity contribution in [1.29, 1.82) is 0 Å². The fourth-order valence-corrected chi connectivity index (χ4v) is 2.13. The number of nitrogens with zero attached hydrogens (tertiary/aromatic N) is 1. The highest BCUT2D eigenvalue weighted by atomic mass is 35.5. The summed E-state index contributed by atoms with van der Waals surface area (Å²) >= 11 is 6.03. The Hall–Kier alpha value is -0.640. The van der Waals surface area contributed by atoms with Crippen molar-refractivity contribution in [2.75, 3.05) is 27.2 Å². The minimum Gasteiger partial charge on any atom is -0.313 e. The predicted molar refractivity (Wildman–Crippen MR) is 71.1 cm³/mol. The van der Waals surface area contributed by atoms with Crippen LogP contribution in [-0.2, 0) is 6.42 Å². The van der Waals surface area contributed by atoms with E-state index in [0.717, 1.165) is 25.1 Å². The molecule has 0 bridgehead atoms. The Bertz CT molecular complexity index is 355. The molecule has 4 heteroatoms. The van der Waals surface area contributed by atoms with Gasteiger partial charge in [0, 0.05) is 17.6 Å². The van der Waals surface area contributed by atoms with Gasteiger partial charge in [-0.05, 0) is 44.8 Å². The molecular weight excluding hydrogens is 239 g/mol. The Morgan fingerprint density at radius 1 is 1.41 bits per heavy atom. The maximum atomic E-state index is 12.9. The number of halogens is 2. The number of nitrogens with one attached hydrogen (secondary N) is 1. The van der Waals surface area contributed by atoms with Gasteiger partial charge in [-0.2, -0.15) is 0 Å². The highest BCUT2D eigenvalue weighted by Gasteiger charge is 2.12. The summed E-state index contributed by atoms with van der Waals surface area (Å²) in [6, 6.07) is 4.92. The molecule has 0 saturated carbocycles. The Balaban J connectivity index is 2.71. The van der Waals surface area contributed by atoms with E-state index >= 15 is 0 Å². The first kappa shape index (κ1) is 14.4. The van der Waals surface area contributed by atoms with Crippen molar-refractivity contribution in [3.05, 3.63) is 34.6 Å². The maximum Gasteiger partial charge on any atom is 0.124 e. The lowest BCUT2D eigenvalue weighted by molar-refractivity contribution is 0.339. The zero-order valence-corrected chi connectivity index (χ0v) is 11.4. The maximum absolute atomic E-state index is 12.9. The molecule has 0 radical (unpaired) electrons. The van der Waals surface area contributed by atoms with E-state index in [1.165, 1.54) is 12.1 Å². The van der Waals surface area contributed by atoms with Crippen molar-refractivity contribution < 1.29 is 4.39 Å². The van der Waals surface area contributed by atoms with E-state index in [1.54, 1.807) is 6.07 Å². The normalized spacial score (nSPS) is 13.1. The molecule has 17 heavy (non-hydrogen) atoms. The molecule has 0 spiro atoms. The molecule has 1 atom stereocenters. The van der Waals surface area contributed by atoms with Gasteiger partial charge in [-0.25, -0.2) is 4.39 Å². The van der Waals surface area contributed by atoms with Crippen LogP contribution in [0.4, 0.5) is 4.39 Å². The quantitative estimate of drug-likeness (QED) is 0.844. The second-order valence-corrected chi connectivity index (χ2v) is 4.86. The Morgan fingerprint density at radius 2 is 2.12 bits per heavy atom. The molecule has 0 amide bonds. The first-order valence-electron chi connectivity index (χ1n) is 5.85. The molecule has 0 heterocycles. The van der Waals surface area contributed by atoms with E-state index in [4.69, 9.17) is 11.6 Å². The number of benzene rings is 1. The van der Waals surface area contributed by atoms with Gasteiger partial charge in [-0.15, -0.1) is 0 Å². The number of hydrogen-bond acceptors (Lipinski definition) is 2. The van der Waals surface area contributed by atoms with Gasteiger partial charge in [-0.3, -0.25) is 0 Å². The third-order valence-corrected chi connectivity index (χ3v) is 2.91. The fraction of sp³-hybridized carbons (Fsp3) is 0.538. The summed E-state index contributed by atoms with van der Waals surface area (Å²) < 4.78 is 12.9. The molecule has 0 aliphatic rings. The monoisotopic (exact) mass is 258 g/mol. The van der Waals surface area contributed by atoms with Gasteiger partial charge in [0.15, 0.2) is 0 Å². The average molecular weight is 259 g/mol. The second kappa shape index (κ2) is 6.94. The number of rotatable bonds is 6. The summed E-state index contributed by atoms with van der Waals surface area (Å²) in [5, 5.41) is 3.92. The van der Waals surface area contributed by atoms with Crippen LogP contribution in [0.1, 0.15) is 12.5 Å². The Morgan fingerprint density at radius 3 is 2.65 bits per heavy atom. The summed E-state index contributed by atoms with van der Waals surface area (Å²) in [6.07, 6.45) is 0.811. The van der Waals surface area contributed by atoms with Gasteiger partial charge in [0.1, 0.15) is 5.82 Å². The first-order chi connectivity index (χ1) is 8.02. The van der Waals surface area contributed by atoms with Crippen LogP contribution in [0.5, 0.6) is 0 Å². The highest BCUT2D eigenvalue weighted by molar-refractivity contribution is 6.31. The largest absolute Gasteiger partial charge is 0.313 e. The van der Waals surface area contributed by atoms with Crippen molar-refractivity contribution in [2.24, 2.45) is 0 Å². The van der Waals surface area contributed by atoms with Crippen LogP contribution < -0.4 is 5.32 Å². The topological polar surface area (TPSA) is 15.3 Å². The zero-order valence-electron chi connectivity index (χ0n) is 10.6. The van der Waals surface area contributed by atoms with Gasteiger partial charge >= 0.3 is 0 Å². The lowest BCUT2D eigenvalue weighted by Gasteiger charge is -2.22. The van der Waals surface area contributed by atoms with Crippen LogP contribution in [0.2, 0.25) is 5.02 Å². The average Bonchev–Trinajstić information content (AvgIpc) is 2.21. The SMILES string of the molecule is CCNC(Cc1ccc(F)cc1Cl)CN(C)C. The van der Waals surface area contributed by atoms with E-state index < -0.39 is 0 Å². The van der Waals surface area contributed by atoms with E-state index in [9.17, 15) is 4.39 Å². The predicted octanol–water partition coefficient (Wildman–Crippen LogP) is 2.56. The second-order valence-electron chi connectivity index (χ2n) is 4.46. The molecule has 96 valence electrons. The van der Waals surface area contributed by atoms with Crippen molar-refractivity contribution in [3.8, 4) is 0 Å². The zero-order chi connectivity index (χ0) is 12.8. The van der Waals surface area contributed by atoms with Crippen molar-refractivity contribution in [1.82, 2.24) is 10.2 Å². The third kappa shape index (κ3) is 5.02. The number of hydrogen-bond donors (Lipinski definition) is 1. The summed E-state index contributed by atoms with van der Waals surface area (Å²) in [5.74, 6) is -0.286. The third-order valence-electron chi connectivity index (χ3n) is 2.56. The van der Waals surface area contributed by atoms with E-state index in [2.05, 4.69) is 17.1 Å². The lowest BCUT2D eigenvalue weighted by Crippen LogP contribution is -2.39.